The molecule has 0 unspecified atom stereocenters. The van der Waals surface area contributed by atoms with Crippen molar-refractivity contribution in [2.45, 2.75) is 45.2 Å². The van der Waals surface area contributed by atoms with E-state index in [0.29, 0.717) is 19.4 Å². The number of carboxylic acid groups (broad SMARTS) is 1. The Morgan fingerprint density at radius 3 is 2.50 bits per heavy atom. The fourth-order valence-electron chi connectivity index (χ4n) is 1.76. The fraction of sp³-hybridized carbons (Fsp3) is 0.583. The van der Waals surface area contributed by atoms with Crippen molar-refractivity contribution in [2.75, 3.05) is 0 Å². The van der Waals surface area contributed by atoms with Gasteiger partial charge in [0.2, 0.25) is 5.91 Å². The number of imidazole rings is 1. The van der Waals surface area contributed by atoms with E-state index in [0.717, 1.165) is 0 Å². The van der Waals surface area contributed by atoms with Gasteiger partial charge in [-0.3, -0.25) is 4.79 Å². The van der Waals surface area contributed by atoms with E-state index in [1.807, 2.05) is 0 Å². The summed E-state index contributed by atoms with van der Waals surface area (Å²) in [4.78, 5) is 26.9. The number of rotatable bonds is 7. The SMILES string of the molecule is CCC(CC)(NC(=O)CCn1ccnc1)C(=O)O. The summed E-state index contributed by atoms with van der Waals surface area (Å²) in [6, 6.07) is 0. The number of aromatic nitrogens is 2. The second kappa shape index (κ2) is 6.18. The minimum Gasteiger partial charge on any atom is -0.480 e. The summed E-state index contributed by atoms with van der Waals surface area (Å²) in [5.41, 5.74) is -1.15. The van der Waals surface area contributed by atoms with Gasteiger partial charge < -0.3 is 15.0 Å². The lowest BCUT2D eigenvalue weighted by atomic mass is 9.93. The molecular weight excluding hydrogens is 234 g/mol. The van der Waals surface area contributed by atoms with Gasteiger partial charge in [-0.15, -0.1) is 0 Å². The largest absolute Gasteiger partial charge is 0.480 e. The van der Waals surface area contributed by atoms with Gasteiger partial charge in [-0.25, -0.2) is 9.78 Å². The monoisotopic (exact) mass is 253 g/mol. The van der Waals surface area contributed by atoms with E-state index in [2.05, 4.69) is 10.3 Å². The van der Waals surface area contributed by atoms with Crippen LogP contribution in [-0.2, 0) is 16.1 Å². The van der Waals surface area contributed by atoms with E-state index in [4.69, 9.17) is 0 Å². The smallest absolute Gasteiger partial charge is 0.329 e. The number of hydrogen-bond acceptors (Lipinski definition) is 3. The Morgan fingerprint density at radius 2 is 2.06 bits per heavy atom. The minimum absolute atomic E-state index is 0.241. The van der Waals surface area contributed by atoms with Crippen molar-refractivity contribution in [2.24, 2.45) is 0 Å². The molecule has 6 nitrogen and oxygen atoms in total. The molecule has 0 aliphatic rings. The van der Waals surface area contributed by atoms with Crippen LogP contribution in [0.5, 0.6) is 0 Å². The Morgan fingerprint density at radius 1 is 1.39 bits per heavy atom. The van der Waals surface area contributed by atoms with Gasteiger partial charge in [0.15, 0.2) is 0 Å². The predicted molar refractivity (Wildman–Crippen MR) is 65.9 cm³/mol. The molecule has 0 aliphatic carbocycles. The number of carboxylic acids is 1. The standard InChI is InChI=1S/C12H19N3O3/c1-3-12(4-2,11(17)18)14-10(16)5-7-15-8-6-13-9-15/h6,8-9H,3-5,7H2,1-2H3,(H,14,16)(H,17,18). The highest BCUT2D eigenvalue weighted by Crippen LogP contribution is 2.15. The maximum Gasteiger partial charge on any atom is 0.329 e. The average Bonchev–Trinajstić information content (AvgIpc) is 2.86. The molecule has 1 heterocycles. The number of carbonyl (C=O) groups excluding carboxylic acids is 1. The normalized spacial score (nSPS) is 11.2. The highest BCUT2D eigenvalue weighted by atomic mass is 16.4. The van der Waals surface area contributed by atoms with Gasteiger partial charge in [0.1, 0.15) is 5.54 Å². The third-order valence-corrected chi connectivity index (χ3v) is 3.15. The summed E-state index contributed by atoms with van der Waals surface area (Å²) < 4.78 is 1.78. The van der Waals surface area contributed by atoms with Crippen LogP contribution in [-0.4, -0.2) is 32.1 Å². The maximum atomic E-state index is 11.8. The molecule has 0 radical (unpaired) electrons. The molecule has 6 heteroatoms. The maximum absolute atomic E-state index is 11.8. The van der Waals surface area contributed by atoms with E-state index in [1.165, 1.54) is 0 Å². The molecule has 2 N–H and O–H groups in total. The third kappa shape index (κ3) is 3.32. The van der Waals surface area contributed by atoms with Crippen LogP contribution >= 0.6 is 0 Å². The van der Waals surface area contributed by atoms with Crippen LogP contribution in [0.3, 0.4) is 0 Å². The van der Waals surface area contributed by atoms with Crippen molar-refractivity contribution < 1.29 is 14.7 Å². The first-order valence-corrected chi connectivity index (χ1v) is 6.04. The van der Waals surface area contributed by atoms with Crippen LogP contribution in [0.15, 0.2) is 18.7 Å². The lowest BCUT2D eigenvalue weighted by Gasteiger charge is -2.28. The Labute approximate surface area is 106 Å². The first-order valence-electron chi connectivity index (χ1n) is 6.04. The van der Waals surface area contributed by atoms with Gasteiger partial charge in [0.25, 0.3) is 0 Å². The zero-order valence-electron chi connectivity index (χ0n) is 10.7. The average molecular weight is 253 g/mol. The van der Waals surface area contributed by atoms with Crippen molar-refractivity contribution in [1.82, 2.24) is 14.9 Å². The summed E-state index contributed by atoms with van der Waals surface area (Å²) in [5, 5.41) is 11.8. The summed E-state index contributed by atoms with van der Waals surface area (Å²) in [7, 11) is 0. The lowest BCUT2D eigenvalue weighted by molar-refractivity contribution is -0.148. The van der Waals surface area contributed by atoms with Crippen LogP contribution in [0.25, 0.3) is 0 Å². The van der Waals surface area contributed by atoms with Crippen LogP contribution in [0.4, 0.5) is 0 Å². The molecule has 18 heavy (non-hydrogen) atoms. The molecule has 0 saturated heterocycles. The van der Waals surface area contributed by atoms with Crippen molar-refractivity contribution in [1.29, 1.82) is 0 Å². The molecule has 0 fully saturated rings. The summed E-state index contributed by atoms with van der Waals surface area (Å²) in [5.74, 6) is -1.24. The van der Waals surface area contributed by atoms with Crippen molar-refractivity contribution in [3.8, 4) is 0 Å². The zero-order chi connectivity index (χ0) is 13.6. The molecule has 1 aromatic rings. The van der Waals surface area contributed by atoms with Gasteiger partial charge in [0.05, 0.1) is 6.33 Å². The van der Waals surface area contributed by atoms with Crippen LogP contribution in [0, 0.1) is 0 Å². The minimum atomic E-state index is -1.15. The predicted octanol–water partition coefficient (Wildman–Crippen LogP) is 1.03. The second-order valence-corrected chi connectivity index (χ2v) is 4.19. The van der Waals surface area contributed by atoms with Gasteiger partial charge in [-0.1, -0.05) is 13.8 Å². The first-order chi connectivity index (χ1) is 8.54. The van der Waals surface area contributed by atoms with Crippen molar-refractivity contribution >= 4 is 11.9 Å². The number of hydrogen-bond donors (Lipinski definition) is 2. The van der Waals surface area contributed by atoms with Gasteiger partial charge >= 0.3 is 5.97 Å². The van der Waals surface area contributed by atoms with E-state index in [9.17, 15) is 14.7 Å². The molecule has 1 aromatic heterocycles. The summed E-state index contributed by atoms with van der Waals surface area (Å²) in [6.45, 7) is 4.01. The Kier molecular flexibility index (Phi) is 4.88. The lowest BCUT2D eigenvalue weighted by Crippen LogP contribution is -2.53. The Balaban J connectivity index is 2.54. The van der Waals surface area contributed by atoms with Gasteiger partial charge in [0, 0.05) is 25.4 Å². The van der Waals surface area contributed by atoms with E-state index >= 15 is 0 Å². The number of nitrogens with zero attached hydrogens (tertiary/aromatic N) is 2. The third-order valence-electron chi connectivity index (χ3n) is 3.15. The Hall–Kier alpha value is -1.85. The van der Waals surface area contributed by atoms with Crippen LogP contribution in [0.2, 0.25) is 0 Å². The van der Waals surface area contributed by atoms with Gasteiger partial charge in [-0.2, -0.15) is 0 Å². The molecule has 0 saturated carbocycles. The number of nitrogens with one attached hydrogen (secondary N) is 1. The van der Waals surface area contributed by atoms with Crippen LogP contribution < -0.4 is 5.32 Å². The van der Waals surface area contributed by atoms with E-state index in [1.54, 1.807) is 37.1 Å². The molecule has 100 valence electrons. The number of carbonyl (C=O) groups is 2. The Bertz CT molecular complexity index is 397. The fourth-order valence-corrected chi connectivity index (χ4v) is 1.76. The summed E-state index contributed by atoms with van der Waals surface area (Å²) >= 11 is 0. The highest BCUT2D eigenvalue weighted by Gasteiger charge is 2.36. The number of aliphatic carboxylic acids is 1. The molecule has 0 atom stereocenters. The molecule has 0 aromatic carbocycles. The quantitative estimate of drug-likeness (QED) is 0.760. The number of aryl methyl sites for hydroxylation is 1. The highest BCUT2D eigenvalue weighted by molar-refractivity contribution is 5.86. The zero-order valence-corrected chi connectivity index (χ0v) is 10.7. The van der Waals surface area contributed by atoms with Gasteiger partial charge in [-0.05, 0) is 12.8 Å². The molecule has 0 aliphatic heterocycles. The van der Waals surface area contributed by atoms with E-state index in [-0.39, 0.29) is 12.3 Å². The number of amides is 1. The molecular formula is C12H19N3O3. The topological polar surface area (TPSA) is 84.2 Å². The molecule has 0 bridgehead atoms. The van der Waals surface area contributed by atoms with Crippen LogP contribution in [0.1, 0.15) is 33.1 Å². The molecule has 1 rings (SSSR count). The summed E-state index contributed by atoms with van der Waals surface area (Å²) in [6.07, 6.45) is 6.00. The van der Waals surface area contributed by atoms with E-state index < -0.39 is 11.5 Å². The molecule has 0 spiro atoms. The second-order valence-electron chi connectivity index (χ2n) is 4.19. The molecule has 1 amide bonds. The first kappa shape index (κ1) is 14.2. The van der Waals surface area contributed by atoms with Crippen molar-refractivity contribution in [3.63, 3.8) is 0 Å². The van der Waals surface area contributed by atoms with Crippen molar-refractivity contribution in [3.05, 3.63) is 18.7 Å².